The largest absolute Gasteiger partial charge is 0.286 e. The van der Waals surface area contributed by atoms with E-state index in [1.807, 2.05) is 31.2 Å². The molecule has 6 nitrogen and oxygen atoms in total. The molecule has 1 unspecified atom stereocenters. The fraction of sp³-hybridized carbons (Fsp3) is 0.333. The van der Waals surface area contributed by atoms with Crippen molar-refractivity contribution in [3.8, 4) is 0 Å². The Labute approximate surface area is 166 Å². The van der Waals surface area contributed by atoms with Gasteiger partial charge in [0.2, 0.25) is 0 Å². The second-order valence-electron chi connectivity index (χ2n) is 7.17. The molecular formula is C21H22N4O2S. The minimum Gasteiger partial charge on any atom is -0.286 e. The van der Waals surface area contributed by atoms with Gasteiger partial charge in [0.05, 0.1) is 17.9 Å². The summed E-state index contributed by atoms with van der Waals surface area (Å²) in [6.45, 7) is 3.70. The first-order chi connectivity index (χ1) is 13.5. The Hall–Kier alpha value is -2.80. The number of nitrogens with one attached hydrogen (secondary N) is 1. The first-order valence-electron chi connectivity index (χ1n) is 9.45. The number of hydrogen-bond donors (Lipinski definition) is 1. The highest BCUT2D eigenvalue weighted by atomic mass is 32.1. The number of hydrazone groups is 1. The van der Waals surface area contributed by atoms with Gasteiger partial charge in [-0.3, -0.25) is 14.2 Å². The summed E-state index contributed by atoms with van der Waals surface area (Å²) in [5.74, 6) is -0.351. The summed E-state index contributed by atoms with van der Waals surface area (Å²) >= 11 is 1.61. The zero-order valence-electron chi connectivity index (χ0n) is 15.9. The average Bonchev–Trinajstić information content (AvgIpc) is 3.08. The van der Waals surface area contributed by atoms with Crippen LogP contribution in [0.4, 0.5) is 0 Å². The van der Waals surface area contributed by atoms with Crippen LogP contribution in [-0.4, -0.2) is 21.7 Å². The topological polar surface area (TPSA) is 76.3 Å². The molecule has 1 amide bonds. The maximum absolute atomic E-state index is 13.0. The number of carbonyl (C=O) groups excluding carboxylic acids is 1. The molecule has 28 heavy (non-hydrogen) atoms. The van der Waals surface area contributed by atoms with Gasteiger partial charge >= 0.3 is 0 Å². The van der Waals surface area contributed by atoms with Crippen molar-refractivity contribution in [2.24, 2.45) is 5.10 Å². The van der Waals surface area contributed by atoms with E-state index in [1.165, 1.54) is 15.8 Å². The van der Waals surface area contributed by atoms with E-state index in [9.17, 15) is 9.59 Å². The van der Waals surface area contributed by atoms with Crippen molar-refractivity contribution >= 4 is 33.7 Å². The molecule has 2 aromatic heterocycles. The van der Waals surface area contributed by atoms with Crippen LogP contribution < -0.4 is 11.0 Å². The van der Waals surface area contributed by atoms with Crippen molar-refractivity contribution in [1.82, 2.24) is 15.0 Å². The highest BCUT2D eigenvalue weighted by molar-refractivity contribution is 7.18. The summed E-state index contributed by atoms with van der Waals surface area (Å²) < 4.78 is 1.40. The summed E-state index contributed by atoms with van der Waals surface area (Å²) in [5, 5.41) is 4.70. The van der Waals surface area contributed by atoms with Crippen LogP contribution in [-0.2, 0) is 17.6 Å². The summed E-state index contributed by atoms with van der Waals surface area (Å²) in [4.78, 5) is 32.0. The maximum atomic E-state index is 13.0. The molecule has 1 aromatic carbocycles. The molecule has 1 N–H and O–H groups in total. The van der Waals surface area contributed by atoms with Gasteiger partial charge in [0.1, 0.15) is 10.9 Å². The van der Waals surface area contributed by atoms with E-state index in [1.54, 1.807) is 24.5 Å². The Morgan fingerprint density at radius 1 is 1.29 bits per heavy atom. The fourth-order valence-corrected chi connectivity index (χ4v) is 4.70. The number of hydrogen-bond acceptors (Lipinski definition) is 5. The number of rotatable bonds is 4. The highest BCUT2D eigenvalue weighted by Crippen LogP contribution is 2.33. The molecular weight excluding hydrogens is 372 g/mol. The monoisotopic (exact) mass is 394 g/mol. The average molecular weight is 395 g/mol. The molecule has 0 saturated heterocycles. The van der Waals surface area contributed by atoms with Crippen molar-refractivity contribution in [3.63, 3.8) is 0 Å². The second-order valence-corrected chi connectivity index (χ2v) is 8.25. The molecule has 2 heterocycles. The molecule has 1 aliphatic rings. The molecule has 0 fully saturated rings. The van der Waals surface area contributed by atoms with Gasteiger partial charge in [0, 0.05) is 4.88 Å². The van der Waals surface area contributed by atoms with Crippen LogP contribution in [0.15, 0.2) is 40.5 Å². The molecule has 0 aliphatic heterocycles. The third-order valence-electron chi connectivity index (χ3n) is 5.16. The van der Waals surface area contributed by atoms with Crippen molar-refractivity contribution < 1.29 is 4.79 Å². The Morgan fingerprint density at radius 2 is 2.04 bits per heavy atom. The Bertz CT molecular complexity index is 1110. The summed E-state index contributed by atoms with van der Waals surface area (Å²) in [6.07, 6.45) is 7.24. The van der Waals surface area contributed by atoms with E-state index in [-0.39, 0.29) is 11.5 Å². The first-order valence-corrected chi connectivity index (χ1v) is 10.3. The molecule has 7 heteroatoms. The normalized spacial score (nSPS) is 14.9. The Kier molecular flexibility index (Phi) is 5.09. The number of carbonyl (C=O) groups is 1. The van der Waals surface area contributed by atoms with Crippen LogP contribution in [0.3, 0.4) is 0 Å². The lowest BCUT2D eigenvalue weighted by molar-refractivity contribution is -0.123. The maximum Gasteiger partial charge on any atom is 0.263 e. The van der Waals surface area contributed by atoms with Crippen LogP contribution >= 0.6 is 11.3 Å². The van der Waals surface area contributed by atoms with Crippen molar-refractivity contribution in [2.75, 3.05) is 0 Å². The minimum atomic E-state index is -0.696. The van der Waals surface area contributed by atoms with Gasteiger partial charge in [-0.25, -0.2) is 10.4 Å². The number of nitrogens with zero attached hydrogens (tertiary/aromatic N) is 3. The van der Waals surface area contributed by atoms with E-state index < -0.39 is 6.04 Å². The van der Waals surface area contributed by atoms with Crippen molar-refractivity contribution in [2.45, 2.75) is 45.6 Å². The molecule has 0 spiro atoms. The predicted molar refractivity (Wildman–Crippen MR) is 112 cm³/mol. The lowest BCUT2D eigenvalue weighted by Crippen LogP contribution is -2.34. The van der Waals surface area contributed by atoms with Gasteiger partial charge in [-0.1, -0.05) is 29.8 Å². The van der Waals surface area contributed by atoms with Gasteiger partial charge in [0.15, 0.2) is 0 Å². The van der Waals surface area contributed by atoms with Gasteiger partial charge < -0.3 is 0 Å². The Morgan fingerprint density at radius 3 is 2.82 bits per heavy atom. The van der Waals surface area contributed by atoms with Gasteiger partial charge in [-0.2, -0.15) is 5.10 Å². The third kappa shape index (κ3) is 3.49. The molecule has 1 aliphatic carbocycles. The van der Waals surface area contributed by atoms with Crippen molar-refractivity contribution in [3.05, 3.63) is 62.5 Å². The van der Waals surface area contributed by atoms with Crippen LogP contribution in [0.2, 0.25) is 0 Å². The lowest BCUT2D eigenvalue weighted by Gasteiger charge is -2.14. The third-order valence-corrected chi connectivity index (χ3v) is 6.36. The highest BCUT2D eigenvalue weighted by Gasteiger charge is 2.23. The standard InChI is InChI=1S/C21H22N4O2S/c1-13-7-9-15(10-8-13)11-23-24-19(26)14(2)25-12-22-20-18(21(25)27)16-5-3-4-6-17(16)28-20/h7-12,14H,3-6H2,1-2H3,(H,24,26). The molecule has 144 valence electrons. The number of aryl methyl sites for hydroxylation is 3. The Balaban J connectivity index is 1.55. The smallest absolute Gasteiger partial charge is 0.263 e. The zero-order chi connectivity index (χ0) is 19.7. The van der Waals surface area contributed by atoms with Gasteiger partial charge in [-0.15, -0.1) is 11.3 Å². The molecule has 0 bridgehead atoms. The molecule has 4 rings (SSSR count). The summed E-state index contributed by atoms with van der Waals surface area (Å²) in [6, 6.07) is 7.12. The number of thiophene rings is 1. The number of aromatic nitrogens is 2. The lowest BCUT2D eigenvalue weighted by atomic mass is 9.97. The van der Waals surface area contributed by atoms with E-state index >= 15 is 0 Å². The molecule has 0 saturated carbocycles. The van der Waals surface area contributed by atoms with Crippen LogP contribution in [0.1, 0.15) is 47.4 Å². The van der Waals surface area contributed by atoms with Crippen LogP contribution in [0.5, 0.6) is 0 Å². The molecule has 1 atom stereocenters. The minimum absolute atomic E-state index is 0.144. The number of amides is 1. The van der Waals surface area contributed by atoms with Gasteiger partial charge in [-0.05, 0) is 50.7 Å². The zero-order valence-corrected chi connectivity index (χ0v) is 16.8. The van der Waals surface area contributed by atoms with Gasteiger partial charge in [0.25, 0.3) is 11.5 Å². The quantitative estimate of drug-likeness (QED) is 0.545. The molecule has 3 aromatic rings. The number of fused-ring (bicyclic) bond motifs is 3. The molecule has 0 radical (unpaired) electrons. The summed E-state index contributed by atoms with van der Waals surface area (Å²) in [5.41, 5.74) is 5.56. The fourth-order valence-electron chi connectivity index (χ4n) is 3.48. The van der Waals surface area contributed by atoms with E-state index in [0.29, 0.717) is 5.39 Å². The first kappa shape index (κ1) is 18.6. The van der Waals surface area contributed by atoms with Crippen LogP contribution in [0, 0.1) is 6.92 Å². The predicted octanol–water partition coefficient (Wildman–Crippen LogP) is 3.36. The SMILES string of the molecule is Cc1ccc(C=NNC(=O)C(C)n2cnc3sc4c(c3c2=O)CCCC4)cc1. The van der Waals surface area contributed by atoms with Crippen molar-refractivity contribution in [1.29, 1.82) is 0 Å². The summed E-state index contributed by atoms with van der Waals surface area (Å²) in [7, 11) is 0. The van der Waals surface area contributed by atoms with E-state index in [4.69, 9.17) is 0 Å². The van der Waals surface area contributed by atoms with E-state index in [2.05, 4.69) is 15.5 Å². The van der Waals surface area contributed by atoms with E-state index in [0.717, 1.165) is 47.2 Å². The number of benzene rings is 1. The second kappa shape index (κ2) is 7.67. The van der Waals surface area contributed by atoms with Crippen LogP contribution in [0.25, 0.3) is 10.2 Å².